The van der Waals surface area contributed by atoms with Crippen molar-refractivity contribution in [3.8, 4) is 0 Å². The van der Waals surface area contributed by atoms with Crippen LogP contribution in [0.3, 0.4) is 0 Å². The Morgan fingerprint density at radius 2 is 1.71 bits per heavy atom. The Morgan fingerprint density at radius 3 is 2.00 bits per heavy atom. The molecule has 0 radical (unpaired) electrons. The fraction of sp³-hybridized carbons (Fsp3) is 1.00. The molecule has 2 atom stereocenters. The molecule has 0 aliphatic carbocycles. The predicted molar refractivity (Wildman–Crippen MR) is 62.4 cm³/mol. The molecule has 0 saturated carbocycles. The molecular weight excluding hydrogens is 174 g/mol. The number of methoxy groups -OCH3 is 1. The lowest BCUT2D eigenvalue weighted by atomic mass is 9.85. The average molecular weight is 201 g/mol. The van der Waals surface area contributed by atoms with Gasteiger partial charge in [0.15, 0.2) is 0 Å². The molecule has 0 aliphatic heterocycles. The molecule has 0 bridgehead atoms. The maximum Gasteiger partial charge on any atom is 0.0798 e. The number of ether oxygens (including phenoxy) is 1. The van der Waals surface area contributed by atoms with Gasteiger partial charge in [-0.15, -0.1) is 0 Å². The van der Waals surface area contributed by atoms with Crippen LogP contribution >= 0.6 is 0 Å². The highest BCUT2D eigenvalue weighted by Gasteiger charge is 2.30. The van der Waals surface area contributed by atoms with Crippen LogP contribution in [0.5, 0.6) is 0 Å². The molecule has 0 rings (SSSR count). The number of nitrogens with two attached hydrogens (primary N) is 1. The summed E-state index contributed by atoms with van der Waals surface area (Å²) < 4.78 is 5.51. The first-order valence-corrected chi connectivity index (χ1v) is 5.84. The fourth-order valence-electron chi connectivity index (χ4n) is 1.79. The molecule has 2 heteroatoms. The van der Waals surface area contributed by atoms with Crippen LogP contribution in [0, 0.1) is 5.92 Å². The Balaban J connectivity index is 4.22. The predicted octanol–water partition coefficient (Wildman–Crippen LogP) is 2.96. The summed E-state index contributed by atoms with van der Waals surface area (Å²) in [6, 6.07) is 0.155. The van der Waals surface area contributed by atoms with E-state index in [2.05, 4.69) is 27.7 Å². The molecule has 0 aromatic heterocycles. The van der Waals surface area contributed by atoms with Gasteiger partial charge >= 0.3 is 0 Å². The zero-order chi connectivity index (χ0) is 11.2. The summed E-state index contributed by atoms with van der Waals surface area (Å²) in [4.78, 5) is 0. The Bertz CT molecular complexity index is 139. The lowest BCUT2D eigenvalue weighted by molar-refractivity contribution is -0.0245. The van der Waals surface area contributed by atoms with Gasteiger partial charge in [-0.3, -0.25) is 0 Å². The number of hydrogen-bond acceptors (Lipinski definition) is 2. The van der Waals surface area contributed by atoms with Crippen molar-refractivity contribution in [1.82, 2.24) is 0 Å². The minimum absolute atomic E-state index is 0.150. The quantitative estimate of drug-likeness (QED) is 0.687. The molecular formula is C12H27NO. The molecule has 0 aromatic rings. The minimum atomic E-state index is -0.150. The van der Waals surface area contributed by atoms with E-state index in [9.17, 15) is 0 Å². The van der Waals surface area contributed by atoms with E-state index in [4.69, 9.17) is 10.5 Å². The first-order valence-electron chi connectivity index (χ1n) is 5.84. The van der Waals surface area contributed by atoms with Crippen LogP contribution in [0.1, 0.15) is 53.4 Å². The summed E-state index contributed by atoms with van der Waals surface area (Å²) >= 11 is 0. The van der Waals surface area contributed by atoms with Crippen LogP contribution in [-0.2, 0) is 4.74 Å². The van der Waals surface area contributed by atoms with Crippen molar-refractivity contribution in [3.05, 3.63) is 0 Å². The van der Waals surface area contributed by atoms with Gasteiger partial charge < -0.3 is 10.5 Å². The van der Waals surface area contributed by atoms with Gasteiger partial charge in [-0.2, -0.15) is 0 Å². The lowest BCUT2D eigenvalue weighted by Crippen LogP contribution is -2.47. The second kappa shape index (κ2) is 6.41. The van der Waals surface area contributed by atoms with Crippen LogP contribution in [0.15, 0.2) is 0 Å². The van der Waals surface area contributed by atoms with Crippen LogP contribution < -0.4 is 5.73 Å². The first-order chi connectivity index (χ1) is 6.53. The molecule has 2 unspecified atom stereocenters. The Labute approximate surface area is 89.2 Å². The van der Waals surface area contributed by atoms with Gasteiger partial charge in [0, 0.05) is 13.2 Å². The summed E-state index contributed by atoms with van der Waals surface area (Å²) in [7, 11) is 1.76. The van der Waals surface area contributed by atoms with Crippen molar-refractivity contribution in [2.24, 2.45) is 11.7 Å². The first kappa shape index (κ1) is 13.9. The summed E-state index contributed by atoms with van der Waals surface area (Å²) in [6.07, 6.45) is 4.48. The highest BCUT2D eigenvalue weighted by atomic mass is 16.5. The van der Waals surface area contributed by atoms with Gasteiger partial charge in [-0.1, -0.05) is 33.6 Å². The van der Waals surface area contributed by atoms with Crippen LogP contribution in [0.4, 0.5) is 0 Å². The van der Waals surface area contributed by atoms with Gasteiger partial charge in [0.05, 0.1) is 5.60 Å². The van der Waals surface area contributed by atoms with E-state index < -0.39 is 0 Å². The summed E-state index contributed by atoms with van der Waals surface area (Å²) in [5, 5.41) is 0. The largest absolute Gasteiger partial charge is 0.377 e. The third-order valence-electron chi connectivity index (χ3n) is 3.69. The zero-order valence-corrected chi connectivity index (χ0v) is 10.5. The molecule has 0 saturated heterocycles. The van der Waals surface area contributed by atoms with E-state index >= 15 is 0 Å². The molecule has 0 amide bonds. The highest BCUT2D eigenvalue weighted by molar-refractivity contribution is 4.87. The van der Waals surface area contributed by atoms with Crippen LogP contribution in [0.2, 0.25) is 0 Å². The maximum absolute atomic E-state index is 6.20. The zero-order valence-electron chi connectivity index (χ0n) is 10.5. The highest BCUT2D eigenvalue weighted by Crippen LogP contribution is 2.25. The summed E-state index contributed by atoms with van der Waals surface area (Å²) in [6.45, 7) is 8.71. The molecule has 0 aliphatic rings. The van der Waals surface area contributed by atoms with Crippen LogP contribution in [0.25, 0.3) is 0 Å². The molecule has 2 N–H and O–H groups in total. The van der Waals surface area contributed by atoms with E-state index in [1.165, 1.54) is 12.8 Å². The van der Waals surface area contributed by atoms with E-state index in [0.717, 1.165) is 18.8 Å². The van der Waals surface area contributed by atoms with Crippen molar-refractivity contribution in [2.75, 3.05) is 7.11 Å². The van der Waals surface area contributed by atoms with Gasteiger partial charge in [-0.05, 0) is 25.7 Å². The van der Waals surface area contributed by atoms with Crippen molar-refractivity contribution in [1.29, 1.82) is 0 Å². The second-order valence-electron chi connectivity index (χ2n) is 4.40. The van der Waals surface area contributed by atoms with Gasteiger partial charge in [0.25, 0.3) is 0 Å². The second-order valence-corrected chi connectivity index (χ2v) is 4.40. The SMILES string of the molecule is CCC(CC)CC(N)C(C)(CC)OC. The molecule has 86 valence electrons. The molecule has 2 nitrogen and oxygen atoms in total. The van der Waals surface area contributed by atoms with Crippen molar-refractivity contribution < 1.29 is 4.74 Å². The molecule has 0 heterocycles. The topological polar surface area (TPSA) is 35.2 Å². The monoisotopic (exact) mass is 201 g/mol. The lowest BCUT2D eigenvalue weighted by Gasteiger charge is -2.35. The average Bonchev–Trinajstić information content (AvgIpc) is 2.24. The molecule has 0 aromatic carbocycles. The molecule has 0 spiro atoms. The standard InChI is InChI=1S/C12H27NO/c1-6-10(7-2)9-11(13)12(4,8-3)14-5/h10-11H,6-9,13H2,1-5H3. The van der Waals surface area contributed by atoms with Gasteiger partial charge in [0.1, 0.15) is 0 Å². The van der Waals surface area contributed by atoms with Crippen molar-refractivity contribution in [3.63, 3.8) is 0 Å². The third-order valence-corrected chi connectivity index (χ3v) is 3.69. The van der Waals surface area contributed by atoms with E-state index in [0.29, 0.717) is 0 Å². The smallest absolute Gasteiger partial charge is 0.0798 e. The number of hydrogen-bond donors (Lipinski definition) is 1. The van der Waals surface area contributed by atoms with Crippen molar-refractivity contribution >= 4 is 0 Å². The Morgan fingerprint density at radius 1 is 1.21 bits per heavy atom. The van der Waals surface area contributed by atoms with Crippen LogP contribution in [-0.4, -0.2) is 18.8 Å². The third kappa shape index (κ3) is 3.58. The summed E-state index contributed by atoms with van der Waals surface area (Å²) in [5.41, 5.74) is 6.05. The van der Waals surface area contributed by atoms with E-state index in [1.807, 2.05) is 0 Å². The van der Waals surface area contributed by atoms with E-state index in [-0.39, 0.29) is 11.6 Å². The normalized spacial score (nSPS) is 18.2. The molecule has 0 fully saturated rings. The Hall–Kier alpha value is -0.0800. The van der Waals surface area contributed by atoms with Gasteiger partial charge in [0.2, 0.25) is 0 Å². The fourth-order valence-corrected chi connectivity index (χ4v) is 1.79. The maximum atomic E-state index is 6.20. The number of rotatable bonds is 7. The summed E-state index contributed by atoms with van der Waals surface area (Å²) in [5.74, 6) is 0.742. The van der Waals surface area contributed by atoms with Gasteiger partial charge in [-0.25, -0.2) is 0 Å². The van der Waals surface area contributed by atoms with Crippen molar-refractivity contribution in [2.45, 2.75) is 65.0 Å². The minimum Gasteiger partial charge on any atom is -0.377 e. The van der Waals surface area contributed by atoms with E-state index in [1.54, 1.807) is 7.11 Å². The molecule has 14 heavy (non-hydrogen) atoms. The Kier molecular flexibility index (Phi) is 6.38.